The third-order valence-corrected chi connectivity index (χ3v) is 12.2. The molecule has 0 unspecified atom stereocenters. The van der Waals surface area contributed by atoms with Gasteiger partial charge in [0, 0.05) is 18.2 Å². The van der Waals surface area contributed by atoms with Gasteiger partial charge in [-0.3, -0.25) is 0 Å². The zero-order valence-electron chi connectivity index (χ0n) is 18.2. The van der Waals surface area contributed by atoms with Crippen LogP contribution in [0.5, 0.6) is 0 Å². The number of benzene rings is 2. The minimum Gasteiger partial charge on any atom is -0.416 e. The van der Waals surface area contributed by atoms with Crippen molar-refractivity contribution in [2.75, 3.05) is 6.61 Å². The Morgan fingerprint density at radius 3 is 2.24 bits per heavy atom. The fraction of sp³-hybridized carbons (Fsp3) is 0.391. The van der Waals surface area contributed by atoms with Crippen LogP contribution in [0.2, 0.25) is 18.1 Å². The number of rotatable bonds is 6. The third-order valence-electron chi connectivity index (χ3n) is 5.98. The first-order chi connectivity index (χ1) is 13.4. The third kappa shape index (κ3) is 4.34. The molecule has 3 aromatic rings. The normalized spacial score (nSPS) is 13.2. The summed E-state index contributed by atoms with van der Waals surface area (Å²) in [5, 5.41) is 1.11. The summed E-state index contributed by atoms with van der Waals surface area (Å²) >= 11 is 0. The van der Waals surface area contributed by atoms with Crippen molar-refractivity contribution in [3.8, 4) is 0 Å². The Labute approximate surface area is 175 Å². The highest BCUT2D eigenvalue weighted by molar-refractivity contribution is 7.90. The van der Waals surface area contributed by atoms with Crippen molar-refractivity contribution in [2.45, 2.75) is 57.1 Å². The number of hydrogen-bond acceptors (Lipinski definition) is 3. The van der Waals surface area contributed by atoms with Crippen molar-refractivity contribution in [2.24, 2.45) is 0 Å². The first-order valence-electron chi connectivity index (χ1n) is 9.99. The van der Waals surface area contributed by atoms with Crippen LogP contribution in [0.15, 0.2) is 59.6 Å². The van der Waals surface area contributed by atoms with Crippen molar-refractivity contribution in [1.82, 2.24) is 3.97 Å². The van der Waals surface area contributed by atoms with E-state index in [1.54, 1.807) is 18.3 Å². The van der Waals surface area contributed by atoms with Gasteiger partial charge in [-0.05, 0) is 55.2 Å². The largest absolute Gasteiger partial charge is 0.416 e. The lowest BCUT2D eigenvalue weighted by molar-refractivity contribution is 0.292. The van der Waals surface area contributed by atoms with E-state index in [2.05, 4.69) is 33.9 Å². The summed E-state index contributed by atoms with van der Waals surface area (Å²) in [7, 11) is -5.49. The molecule has 0 aliphatic rings. The molecule has 29 heavy (non-hydrogen) atoms. The van der Waals surface area contributed by atoms with Crippen LogP contribution in [0, 0.1) is 6.92 Å². The fourth-order valence-electron chi connectivity index (χ4n) is 3.07. The summed E-state index contributed by atoms with van der Waals surface area (Å²) in [6.07, 6.45) is 2.44. The van der Waals surface area contributed by atoms with Crippen LogP contribution in [0.25, 0.3) is 10.9 Å². The molecule has 4 nitrogen and oxygen atoms in total. The molecule has 0 spiro atoms. The maximum Gasteiger partial charge on any atom is 0.268 e. The maximum atomic E-state index is 13.3. The first kappa shape index (κ1) is 21.8. The van der Waals surface area contributed by atoms with E-state index in [-0.39, 0.29) is 5.04 Å². The molecule has 0 fully saturated rings. The number of nitrogens with zero attached hydrogens (tertiary/aromatic N) is 1. The zero-order valence-corrected chi connectivity index (χ0v) is 20.0. The van der Waals surface area contributed by atoms with Crippen LogP contribution >= 0.6 is 0 Å². The van der Waals surface area contributed by atoms with E-state index < -0.39 is 18.3 Å². The molecule has 3 rings (SSSR count). The zero-order chi connectivity index (χ0) is 21.4. The Bertz CT molecular complexity index is 1110. The van der Waals surface area contributed by atoms with Crippen molar-refractivity contribution >= 4 is 29.2 Å². The average Bonchev–Trinajstić information content (AvgIpc) is 3.01. The highest BCUT2D eigenvalue weighted by Gasteiger charge is 2.37. The summed E-state index contributed by atoms with van der Waals surface area (Å²) in [6, 6.07) is 14.7. The highest BCUT2D eigenvalue weighted by atomic mass is 32.2. The van der Waals surface area contributed by atoms with Crippen LogP contribution < -0.4 is 0 Å². The van der Waals surface area contributed by atoms with Crippen LogP contribution in [-0.2, 0) is 20.9 Å². The van der Waals surface area contributed by atoms with Crippen molar-refractivity contribution in [3.05, 3.63) is 65.9 Å². The number of aryl methyl sites for hydroxylation is 1. The first-order valence-corrected chi connectivity index (χ1v) is 14.3. The van der Waals surface area contributed by atoms with Crippen molar-refractivity contribution in [1.29, 1.82) is 0 Å². The monoisotopic (exact) mass is 429 g/mol. The van der Waals surface area contributed by atoms with Crippen LogP contribution in [0.4, 0.5) is 0 Å². The molecule has 2 aromatic carbocycles. The Balaban J connectivity index is 1.95. The topological polar surface area (TPSA) is 48.3 Å². The van der Waals surface area contributed by atoms with Crippen molar-refractivity contribution in [3.63, 3.8) is 0 Å². The van der Waals surface area contributed by atoms with Crippen molar-refractivity contribution < 1.29 is 12.8 Å². The van der Waals surface area contributed by atoms with Gasteiger partial charge in [0.15, 0.2) is 8.32 Å². The number of para-hydroxylation sites is 1. The van der Waals surface area contributed by atoms with E-state index in [4.69, 9.17) is 4.43 Å². The van der Waals surface area contributed by atoms with Gasteiger partial charge in [-0.25, -0.2) is 12.4 Å². The van der Waals surface area contributed by atoms with E-state index in [9.17, 15) is 8.42 Å². The van der Waals surface area contributed by atoms with Gasteiger partial charge in [-0.15, -0.1) is 0 Å². The predicted molar refractivity (Wildman–Crippen MR) is 123 cm³/mol. The molecule has 0 amide bonds. The second kappa shape index (κ2) is 7.74. The lowest BCUT2D eigenvalue weighted by Crippen LogP contribution is -2.41. The molecule has 0 radical (unpaired) electrons. The summed E-state index contributed by atoms with van der Waals surface area (Å²) < 4.78 is 34.3. The quantitative estimate of drug-likeness (QED) is 0.469. The van der Waals surface area contributed by atoms with Gasteiger partial charge in [0.05, 0.1) is 10.4 Å². The number of aromatic nitrogens is 1. The van der Waals surface area contributed by atoms with Gasteiger partial charge in [-0.1, -0.05) is 56.7 Å². The number of fused-ring (bicyclic) bond motifs is 1. The SMILES string of the molecule is Cc1ccc(S(=O)(=O)n2cc(CCO[Si](C)(C)C(C)(C)C)c3ccccc32)cc1. The smallest absolute Gasteiger partial charge is 0.268 e. The molecule has 0 aliphatic carbocycles. The molecule has 0 saturated heterocycles. The number of hydrogen-bond donors (Lipinski definition) is 0. The van der Waals surface area contributed by atoms with Gasteiger partial charge < -0.3 is 4.43 Å². The Hall–Kier alpha value is -1.89. The van der Waals surface area contributed by atoms with E-state index in [0.29, 0.717) is 23.4 Å². The fourth-order valence-corrected chi connectivity index (χ4v) is 5.51. The molecule has 156 valence electrons. The lowest BCUT2D eigenvalue weighted by Gasteiger charge is -2.36. The van der Waals surface area contributed by atoms with E-state index in [1.807, 2.05) is 43.3 Å². The summed E-state index contributed by atoms with van der Waals surface area (Å²) in [5.41, 5.74) is 2.73. The Morgan fingerprint density at radius 2 is 1.62 bits per heavy atom. The molecular weight excluding hydrogens is 398 g/mol. The molecule has 0 atom stereocenters. The van der Waals surface area contributed by atoms with Crippen LogP contribution in [0.3, 0.4) is 0 Å². The van der Waals surface area contributed by atoms with Gasteiger partial charge >= 0.3 is 0 Å². The highest BCUT2D eigenvalue weighted by Crippen LogP contribution is 2.36. The standard InChI is InChI=1S/C23H31NO3SSi/c1-18-11-13-20(14-12-18)28(25,26)24-17-19(21-9-7-8-10-22(21)24)15-16-27-29(5,6)23(2,3)4/h7-14,17H,15-16H2,1-6H3. The maximum absolute atomic E-state index is 13.3. The molecular formula is C23H31NO3SSi. The van der Waals surface area contributed by atoms with E-state index >= 15 is 0 Å². The van der Waals surface area contributed by atoms with E-state index in [1.165, 1.54) is 3.97 Å². The van der Waals surface area contributed by atoms with Crippen LogP contribution in [0.1, 0.15) is 31.9 Å². The molecule has 1 aromatic heterocycles. The van der Waals surface area contributed by atoms with Gasteiger partial charge in [0.25, 0.3) is 10.0 Å². The Kier molecular flexibility index (Phi) is 5.82. The van der Waals surface area contributed by atoms with Crippen LogP contribution in [-0.4, -0.2) is 27.3 Å². The molecule has 6 heteroatoms. The molecule has 0 bridgehead atoms. The van der Waals surface area contributed by atoms with Gasteiger partial charge in [0.1, 0.15) is 0 Å². The van der Waals surface area contributed by atoms with Gasteiger partial charge in [0.2, 0.25) is 0 Å². The second-order valence-corrected chi connectivity index (χ2v) is 15.8. The summed E-state index contributed by atoms with van der Waals surface area (Å²) in [6.45, 7) is 13.7. The Morgan fingerprint density at radius 1 is 1.00 bits per heavy atom. The lowest BCUT2D eigenvalue weighted by atomic mass is 10.1. The van der Waals surface area contributed by atoms with E-state index in [0.717, 1.165) is 16.5 Å². The molecule has 0 saturated carbocycles. The minimum atomic E-state index is -3.65. The minimum absolute atomic E-state index is 0.149. The van der Waals surface area contributed by atoms with Gasteiger partial charge in [-0.2, -0.15) is 0 Å². The summed E-state index contributed by atoms with van der Waals surface area (Å²) in [4.78, 5) is 0.299. The predicted octanol–water partition coefficient (Wildman–Crippen LogP) is 5.75. The molecule has 0 N–H and O–H groups in total. The molecule has 0 aliphatic heterocycles. The summed E-state index contributed by atoms with van der Waals surface area (Å²) in [5.74, 6) is 0. The average molecular weight is 430 g/mol. The molecule has 1 heterocycles. The second-order valence-electron chi connectivity index (χ2n) is 9.14.